The molecule has 25 heavy (non-hydrogen) atoms. The molecule has 7 nitrogen and oxygen atoms in total. The van der Waals surface area contributed by atoms with E-state index in [1.807, 2.05) is 0 Å². The van der Waals surface area contributed by atoms with Crippen LogP contribution in [0.5, 0.6) is 0 Å². The Morgan fingerprint density at radius 3 is 2.48 bits per heavy atom. The molecule has 2 rings (SSSR count). The van der Waals surface area contributed by atoms with Gasteiger partial charge in [-0.25, -0.2) is 13.1 Å². The third kappa shape index (κ3) is 5.02. The highest BCUT2D eigenvalue weighted by molar-refractivity contribution is 7.89. The Bertz CT molecular complexity index is 769. The van der Waals surface area contributed by atoms with Crippen molar-refractivity contribution in [3.05, 3.63) is 29.3 Å². The lowest BCUT2D eigenvalue weighted by Gasteiger charge is -2.27. The van der Waals surface area contributed by atoms with Crippen molar-refractivity contribution in [2.45, 2.75) is 57.0 Å². The lowest BCUT2D eigenvalue weighted by atomic mass is 10.1. The summed E-state index contributed by atoms with van der Waals surface area (Å²) in [6.07, 6.45) is 1.49. The monoisotopic (exact) mass is 368 g/mol. The second-order valence-electron chi connectivity index (χ2n) is 6.61. The summed E-state index contributed by atoms with van der Waals surface area (Å²) in [6.45, 7) is 5.39. The van der Waals surface area contributed by atoms with Gasteiger partial charge in [-0.2, -0.15) is 0 Å². The van der Waals surface area contributed by atoms with E-state index >= 15 is 0 Å². The van der Waals surface area contributed by atoms with Crippen LogP contribution in [0.3, 0.4) is 0 Å². The number of rotatable bonds is 8. The van der Waals surface area contributed by atoms with Crippen LogP contribution < -0.4 is 4.72 Å². The third-order valence-corrected chi connectivity index (χ3v) is 5.62. The molecule has 1 aliphatic rings. The van der Waals surface area contributed by atoms with E-state index in [4.69, 9.17) is 5.11 Å². The summed E-state index contributed by atoms with van der Waals surface area (Å²) in [6, 6.07) is 4.24. The fourth-order valence-corrected chi connectivity index (χ4v) is 3.78. The molecule has 0 saturated heterocycles. The van der Waals surface area contributed by atoms with Gasteiger partial charge in [-0.3, -0.25) is 9.59 Å². The van der Waals surface area contributed by atoms with Crippen molar-refractivity contribution in [2.24, 2.45) is 0 Å². The van der Waals surface area contributed by atoms with Gasteiger partial charge in [0, 0.05) is 24.2 Å². The number of hydrogen-bond donors (Lipinski definition) is 2. The van der Waals surface area contributed by atoms with Gasteiger partial charge in [0.2, 0.25) is 10.0 Å². The molecule has 0 aromatic heterocycles. The minimum Gasteiger partial charge on any atom is -0.481 e. The molecule has 0 atom stereocenters. The first-order chi connectivity index (χ1) is 11.6. The summed E-state index contributed by atoms with van der Waals surface area (Å²) in [5.74, 6) is -1.35. The number of hydrogen-bond acceptors (Lipinski definition) is 4. The predicted molar refractivity (Wildman–Crippen MR) is 92.9 cm³/mol. The smallest absolute Gasteiger partial charge is 0.305 e. The maximum absolute atomic E-state index is 12.9. The van der Waals surface area contributed by atoms with Gasteiger partial charge < -0.3 is 10.0 Å². The molecule has 1 aromatic rings. The predicted octanol–water partition coefficient (Wildman–Crippen LogP) is 1.76. The molecule has 0 heterocycles. The molecule has 0 radical (unpaired) electrons. The molecule has 1 aliphatic carbocycles. The molecule has 0 bridgehead atoms. The summed E-state index contributed by atoms with van der Waals surface area (Å²) in [5.41, 5.74) is 0.925. The van der Waals surface area contributed by atoms with Crippen LogP contribution in [-0.4, -0.2) is 48.9 Å². The zero-order valence-electron chi connectivity index (χ0n) is 14.7. The molecule has 0 aliphatic heterocycles. The second-order valence-corrected chi connectivity index (χ2v) is 8.32. The van der Waals surface area contributed by atoms with Gasteiger partial charge in [0.15, 0.2) is 0 Å². The number of aryl methyl sites for hydroxylation is 1. The molecule has 2 N–H and O–H groups in total. The Hall–Kier alpha value is -1.93. The van der Waals surface area contributed by atoms with E-state index in [1.54, 1.807) is 26.8 Å². The molecule has 0 spiro atoms. The summed E-state index contributed by atoms with van der Waals surface area (Å²) < 4.78 is 27.3. The lowest BCUT2D eigenvalue weighted by molar-refractivity contribution is -0.137. The molecule has 138 valence electrons. The second kappa shape index (κ2) is 7.53. The highest BCUT2D eigenvalue weighted by atomic mass is 32.2. The van der Waals surface area contributed by atoms with Gasteiger partial charge in [-0.15, -0.1) is 0 Å². The van der Waals surface area contributed by atoms with Crippen molar-refractivity contribution in [3.8, 4) is 0 Å². The minimum atomic E-state index is -3.66. The largest absolute Gasteiger partial charge is 0.481 e. The molecular formula is C17H24N2O5S. The molecule has 0 unspecified atom stereocenters. The zero-order valence-corrected chi connectivity index (χ0v) is 15.5. The topological polar surface area (TPSA) is 104 Å². The minimum absolute atomic E-state index is 0.0202. The van der Waals surface area contributed by atoms with Crippen molar-refractivity contribution in [3.63, 3.8) is 0 Å². The van der Waals surface area contributed by atoms with E-state index < -0.39 is 16.0 Å². The van der Waals surface area contributed by atoms with Crippen molar-refractivity contribution in [1.82, 2.24) is 9.62 Å². The fraction of sp³-hybridized carbons (Fsp3) is 0.529. The molecule has 1 fully saturated rings. The SMILES string of the molecule is Cc1ccc(S(=O)(=O)NC2CC2)cc1C(=O)N(CCC(=O)O)C(C)C. The van der Waals surface area contributed by atoms with E-state index in [9.17, 15) is 18.0 Å². The van der Waals surface area contributed by atoms with Crippen LogP contribution in [0.4, 0.5) is 0 Å². The Labute approximate surface area is 148 Å². The van der Waals surface area contributed by atoms with Crippen LogP contribution in [0, 0.1) is 6.92 Å². The highest BCUT2D eigenvalue weighted by Gasteiger charge is 2.29. The summed E-state index contributed by atoms with van der Waals surface area (Å²) >= 11 is 0. The van der Waals surface area contributed by atoms with Crippen molar-refractivity contribution >= 4 is 21.9 Å². The Morgan fingerprint density at radius 1 is 1.32 bits per heavy atom. The average molecular weight is 368 g/mol. The number of carbonyl (C=O) groups excluding carboxylic acids is 1. The highest BCUT2D eigenvalue weighted by Crippen LogP contribution is 2.24. The van der Waals surface area contributed by atoms with Gasteiger partial charge in [0.05, 0.1) is 11.3 Å². The van der Waals surface area contributed by atoms with E-state index in [0.717, 1.165) is 12.8 Å². The quantitative estimate of drug-likeness (QED) is 0.728. The van der Waals surface area contributed by atoms with Crippen molar-refractivity contribution < 1.29 is 23.1 Å². The maximum atomic E-state index is 12.9. The van der Waals surface area contributed by atoms with E-state index in [2.05, 4.69) is 4.72 Å². The maximum Gasteiger partial charge on any atom is 0.305 e. The normalized spacial score (nSPS) is 14.6. The molecular weight excluding hydrogens is 344 g/mol. The van der Waals surface area contributed by atoms with Gasteiger partial charge >= 0.3 is 5.97 Å². The Kier molecular flexibility index (Phi) is 5.84. The molecule has 1 amide bonds. The average Bonchev–Trinajstić information content (AvgIpc) is 3.30. The first-order valence-electron chi connectivity index (χ1n) is 8.27. The summed E-state index contributed by atoms with van der Waals surface area (Å²) in [7, 11) is -3.66. The number of nitrogens with zero attached hydrogens (tertiary/aromatic N) is 1. The van der Waals surface area contributed by atoms with Crippen LogP contribution in [0.15, 0.2) is 23.1 Å². The lowest BCUT2D eigenvalue weighted by Crippen LogP contribution is -2.39. The van der Waals surface area contributed by atoms with Crippen LogP contribution in [0.25, 0.3) is 0 Å². The first-order valence-corrected chi connectivity index (χ1v) is 9.76. The van der Waals surface area contributed by atoms with Crippen LogP contribution in [0.2, 0.25) is 0 Å². The van der Waals surface area contributed by atoms with Gasteiger partial charge in [0.1, 0.15) is 0 Å². The van der Waals surface area contributed by atoms with E-state index in [0.29, 0.717) is 5.56 Å². The van der Waals surface area contributed by atoms with Crippen LogP contribution >= 0.6 is 0 Å². The molecule has 1 saturated carbocycles. The standard InChI is InChI=1S/C17H24N2O5S/c1-11(2)19(9-8-16(20)21)17(22)15-10-14(7-4-12(15)3)25(23,24)18-13-5-6-13/h4,7,10-11,13,18H,5-6,8-9H2,1-3H3,(H,20,21). The van der Waals surface area contributed by atoms with Crippen LogP contribution in [-0.2, 0) is 14.8 Å². The van der Waals surface area contributed by atoms with Gasteiger partial charge in [0.25, 0.3) is 5.91 Å². The molecule has 8 heteroatoms. The van der Waals surface area contributed by atoms with E-state index in [1.165, 1.54) is 17.0 Å². The number of aliphatic carboxylic acids is 1. The van der Waals surface area contributed by atoms with Crippen LogP contribution in [0.1, 0.15) is 49.0 Å². The Morgan fingerprint density at radius 2 is 1.96 bits per heavy atom. The fourth-order valence-electron chi connectivity index (χ4n) is 2.45. The van der Waals surface area contributed by atoms with Crippen molar-refractivity contribution in [2.75, 3.05) is 6.54 Å². The summed E-state index contributed by atoms with van der Waals surface area (Å²) in [4.78, 5) is 25.2. The number of carbonyl (C=O) groups is 2. The molecule has 1 aromatic carbocycles. The Balaban J connectivity index is 2.31. The van der Waals surface area contributed by atoms with E-state index in [-0.39, 0.29) is 41.4 Å². The van der Waals surface area contributed by atoms with Crippen molar-refractivity contribution in [1.29, 1.82) is 0 Å². The first kappa shape index (κ1) is 19.4. The number of carboxylic acids is 1. The number of amides is 1. The van der Waals surface area contributed by atoms with Gasteiger partial charge in [-0.1, -0.05) is 6.07 Å². The van der Waals surface area contributed by atoms with Gasteiger partial charge in [-0.05, 0) is 51.3 Å². The number of benzene rings is 1. The number of carboxylic acid groups (broad SMARTS) is 1. The zero-order chi connectivity index (χ0) is 18.8. The third-order valence-electron chi connectivity index (χ3n) is 4.10. The number of nitrogens with one attached hydrogen (secondary N) is 1. The number of sulfonamides is 1. The summed E-state index contributed by atoms with van der Waals surface area (Å²) in [5, 5.41) is 8.87.